The number of nitrogens with one attached hydrogen (secondary N) is 1. The molecule has 0 atom stereocenters. The van der Waals surface area contributed by atoms with Crippen molar-refractivity contribution in [2.45, 2.75) is 6.54 Å². The molecule has 1 N–H and O–H groups in total. The summed E-state index contributed by atoms with van der Waals surface area (Å²) < 4.78 is 27.9. The second kappa shape index (κ2) is 6.21. The number of anilines is 1. The Morgan fingerprint density at radius 3 is 2.60 bits per heavy atom. The summed E-state index contributed by atoms with van der Waals surface area (Å²) in [5.74, 6) is 0.192. The average Bonchev–Trinajstić information content (AvgIpc) is 2.39. The van der Waals surface area contributed by atoms with E-state index in [1.165, 1.54) is 23.6 Å². The molecule has 0 bridgehead atoms. The van der Waals surface area contributed by atoms with Crippen LogP contribution in [0.15, 0.2) is 48.7 Å². The van der Waals surface area contributed by atoms with Crippen LogP contribution in [0.25, 0.3) is 0 Å². The lowest BCUT2D eigenvalue weighted by Gasteiger charge is -2.18. The predicted molar refractivity (Wildman–Crippen MR) is 79.7 cm³/mol. The number of benzene rings is 1. The van der Waals surface area contributed by atoms with Crippen molar-refractivity contribution >= 4 is 27.6 Å². The van der Waals surface area contributed by atoms with Crippen molar-refractivity contribution in [2.75, 3.05) is 11.8 Å². The minimum Gasteiger partial charge on any atom is -0.254 e. The van der Waals surface area contributed by atoms with Crippen LogP contribution in [0.5, 0.6) is 0 Å². The van der Waals surface area contributed by atoms with Crippen molar-refractivity contribution in [2.24, 2.45) is 0 Å². The number of rotatable bonds is 5. The molecule has 0 amide bonds. The van der Waals surface area contributed by atoms with Gasteiger partial charge in [0.15, 0.2) is 0 Å². The first kappa shape index (κ1) is 14.8. The summed E-state index contributed by atoms with van der Waals surface area (Å²) in [6.45, 7) is 0.275. The molecular weight excluding hydrogens is 298 g/mol. The molecule has 0 aliphatic heterocycles. The number of aromatic nitrogens is 1. The summed E-state index contributed by atoms with van der Waals surface area (Å²) in [4.78, 5) is 3.91. The summed E-state index contributed by atoms with van der Waals surface area (Å²) >= 11 is 5.79. The Kier molecular flexibility index (Phi) is 4.59. The molecule has 106 valence electrons. The van der Waals surface area contributed by atoms with Gasteiger partial charge in [0.05, 0.1) is 0 Å². The topological polar surface area (TPSA) is 62.3 Å². The highest BCUT2D eigenvalue weighted by Crippen LogP contribution is 2.15. The Balaban J connectivity index is 2.10. The largest absolute Gasteiger partial charge is 0.302 e. The zero-order valence-electron chi connectivity index (χ0n) is 10.8. The zero-order valence-corrected chi connectivity index (χ0v) is 12.4. The predicted octanol–water partition coefficient (Wildman–Crippen LogP) is 2.52. The molecule has 0 radical (unpaired) electrons. The fourth-order valence-electron chi connectivity index (χ4n) is 1.60. The first-order valence-electron chi connectivity index (χ1n) is 5.87. The third-order valence-electron chi connectivity index (χ3n) is 2.61. The Labute approximate surface area is 123 Å². The molecule has 0 spiro atoms. The Morgan fingerprint density at radius 2 is 1.95 bits per heavy atom. The van der Waals surface area contributed by atoms with Crippen LogP contribution in [-0.2, 0) is 16.8 Å². The molecule has 1 aromatic carbocycles. The zero-order chi connectivity index (χ0) is 14.6. The van der Waals surface area contributed by atoms with E-state index in [4.69, 9.17) is 11.6 Å². The second-order valence-corrected chi connectivity index (χ2v) is 6.42. The van der Waals surface area contributed by atoms with E-state index in [0.717, 1.165) is 5.56 Å². The van der Waals surface area contributed by atoms with Gasteiger partial charge in [-0.1, -0.05) is 41.9 Å². The van der Waals surface area contributed by atoms with Gasteiger partial charge in [-0.3, -0.25) is 4.72 Å². The van der Waals surface area contributed by atoms with Crippen LogP contribution >= 0.6 is 11.6 Å². The van der Waals surface area contributed by atoms with E-state index >= 15 is 0 Å². The lowest BCUT2D eigenvalue weighted by atomic mass is 10.2. The highest BCUT2D eigenvalue weighted by Gasteiger charge is 2.18. The van der Waals surface area contributed by atoms with Crippen LogP contribution in [0, 0.1) is 0 Å². The number of hydrogen-bond donors (Lipinski definition) is 1. The monoisotopic (exact) mass is 311 g/mol. The highest BCUT2D eigenvalue weighted by atomic mass is 35.5. The van der Waals surface area contributed by atoms with Gasteiger partial charge in [-0.25, -0.2) is 4.98 Å². The van der Waals surface area contributed by atoms with Gasteiger partial charge in [-0.05, 0) is 11.6 Å². The second-order valence-electron chi connectivity index (χ2n) is 4.21. The van der Waals surface area contributed by atoms with Crippen molar-refractivity contribution in [3.8, 4) is 0 Å². The molecule has 0 unspecified atom stereocenters. The molecule has 0 aliphatic rings. The number of hydrogen-bond acceptors (Lipinski definition) is 3. The molecule has 2 aromatic rings. The normalized spacial score (nSPS) is 11.6. The maximum absolute atomic E-state index is 12.1. The molecule has 0 aliphatic carbocycles. The van der Waals surface area contributed by atoms with Crippen LogP contribution in [0.4, 0.5) is 5.82 Å². The molecule has 0 saturated carbocycles. The third kappa shape index (κ3) is 3.93. The van der Waals surface area contributed by atoms with E-state index in [-0.39, 0.29) is 12.4 Å². The summed E-state index contributed by atoms with van der Waals surface area (Å²) in [6, 6.07) is 12.4. The van der Waals surface area contributed by atoms with Gasteiger partial charge < -0.3 is 0 Å². The number of halogens is 1. The van der Waals surface area contributed by atoms with E-state index in [0.29, 0.717) is 5.02 Å². The average molecular weight is 312 g/mol. The molecular formula is C13H14ClN3O2S. The van der Waals surface area contributed by atoms with Gasteiger partial charge in [0.2, 0.25) is 0 Å². The lowest BCUT2D eigenvalue weighted by molar-refractivity contribution is 0.471. The summed E-state index contributed by atoms with van der Waals surface area (Å²) in [5.41, 5.74) is 0.902. The fraction of sp³-hybridized carbons (Fsp3) is 0.154. The van der Waals surface area contributed by atoms with E-state index in [9.17, 15) is 8.42 Å². The van der Waals surface area contributed by atoms with Gasteiger partial charge in [0.1, 0.15) is 5.82 Å². The van der Waals surface area contributed by atoms with E-state index in [1.807, 2.05) is 30.3 Å². The molecule has 7 heteroatoms. The summed E-state index contributed by atoms with van der Waals surface area (Å²) in [7, 11) is -2.17. The Bertz CT molecular complexity index is 677. The smallest absolute Gasteiger partial charge is 0.254 e. The molecule has 0 saturated heterocycles. The summed E-state index contributed by atoms with van der Waals surface area (Å²) in [5, 5.41) is 0.420. The van der Waals surface area contributed by atoms with Crippen LogP contribution in [0.3, 0.4) is 0 Å². The maximum atomic E-state index is 12.1. The molecule has 20 heavy (non-hydrogen) atoms. The van der Waals surface area contributed by atoms with Crippen LogP contribution < -0.4 is 4.72 Å². The van der Waals surface area contributed by atoms with Gasteiger partial charge >= 0.3 is 10.2 Å². The fourth-order valence-corrected chi connectivity index (χ4v) is 2.61. The Hall–Kier alpha value is -1.63. The van der Waals surface area contributed by atoms with Crippen LogP contribution in [0.1, 0.15) is 5.56 Å². The number of pyridine rings is 1. The van der Waals surface area contributed by atoms with Crippen molar-refractivity contribution in [1.29, 1.82) is 0 Å². The molecule has 2 rings (SSSR count). The van der Waals surface area contributed by atoms with E-state index in [1.54, 1.807) is 6.07 Å². The van der Waals surface area contributed by atoms with Gasteiger partial charge in [-0.15, -0.1) is 0 Å². The first-order valence-corrected chi connectivity index (χ1v) is 7.69. The standard InChI is InChI=1S/C13H14ClN3O2S/c1-17(10-11-5-3-2-4-6-11)20(18,19)16-13-9-12(14)7-8-15-13/h2-9H,10H2,1H3,(H,15,16). The quantitative estimate of drug-likeness (QED) is 0.923. The van der Waals surface area contributed by atoms with E-state index in [2.05, 4.69) is 9.71 Å². The lowest BCUT2D eigenvalue weighted by Crippen LogP contribution is -2.32. The van der Waals surface area contributed by atoms with Crippen molar-refractivity contribution in [1.82, 2.24) is 9.29 Å². The van der Waals surface area contributed by atoms with Gasteiger partial charge in [0.25, 0.3) is 0 Å². The maximum Gasteiger partial charge on any atom is 0.302 e. The minimum atomic E-state index is -3.67. The third-order valence-corrected chi connectivity index (χ3v) is 4.27. The summed E-state index contributed by atoms with van der Waals surface area (Å²) in [6.07, 6.45) is 1.44. The molecule has 1 heterocycles. The van der Waals surface area contributed by atoms with E-state index < -0.39 is 10.2 Å². The molecule has 1 aromatic heterocycles. The van der Waals surface area contributed by atoms with Crippen LogP contribution in [0.2, 0.25) is 5.02 Å². The van der Waals surface area contributed by atoms with Crippen molar-refractivity contribution in [3.63, 3.8) is 0 Å². The highest BCUT2D eigenvalue weighted by molar-refractivity contribution is 7.90. The van der Waals surface area contributed by atoms with Crippen molar-refractivity contribution < 1.29 is 8.42 Å². The molecule has 5 nitrogen and oxygen atoms in total. The molecule has 0 fully saturated rings. The SMILES string of the molecule is CN(Cc1ccccc1)S(=O)(=O)Nc1cc(Cl)ccn1. The Morgan fingerprint density at radius 1 is 1.25 bits per heavy atom. The first-order chi connectivity index (χ1) is 9.47. The van der Waals surface area contributed by atoms with Gasteiger partial charge in [0, 0.05) is 30.9 Å². The van der Waals surface area contributed by atoms with Gasteiger partial charge in [-0.2, -0.15) is 12.7 Å². The minimum absolute atomic E-state index is 0.192. The van der Waals surface area contributed by atoms with Crippen LogP contribution in [-0.4, -0.2) is 24.8 Å². The van der Waals surface area contributed by atoms with Crippen molar-refractivity contribution in [3.05, 3.63) is 59.2 Å². The number of nitrogens with zero attached hydrogens (tertiary/aromatic N) is 2.